The van der Waals surface area contributed by atoms with E-state index in [0.29, 0.717) is 12.0 Å². The maximum absolute atomic E-state index is 13.0. The van der Waals surface area contributed by atoms with Crippen LogP contribution in [0.1, 0.15) is 27.6 Å². The van der Waals surface area contributed by atoms with Crippen LogP contribution in [0.2, 0.25) is 0 Å². The van der Waals surface area contributed by atoms with Crippen molar-refractivity contribution in [2.24, 2.45) is 5.73 Å². The Hall–Kier alpha value is -3.06. The second kappa shape index (κ2) is 7.99. The minimum atomic E-state index is -4.35. The quantitative estimate of drug-likeness (QED) is 0.590. The molecule has 1 aliphatic heterocycles. The van der Waals surface area contributed by atoms with E-state index in [1.807, 2.05) is 53.6 Å². The third-order valence-corrected chi connectivity index (χ3v) is 6.15. The fourth-order valence-corrected chi connectivity index (χ4v) is 4.90. The summed E-state index contributed by atoms with van der Waals surface area (Å²) >= 11 is 1.56. The minimum absolute atomic E-state index is 0.102. The van der Waals surface area contributed by atoms with Gasteiger partial charge in [0.2, 0.25) is 5.91 Å². The van der Waals surface area contributed by atoms with Crippen molar-refractivity contribution in [2.45, 2.75) is 18.6 Å². The number of fused-ring (bicyclic) bond motifs is 1. The van der Waals surface area contributed by atoms with Crippen molar-refractivity contribution in [1.29, 1.82) is 0 Å². The van der Waals surface area contributed by atoms with Crippen molar-refractivity contribution in [3.8, 4) is 0 Å². The molecule has 0 fully saturated rings. The molecule has 1 unspecified atom stereocenters. The first-order valence-electron chi connectivity index (χ1n) is 9.38. The molecule has 154 valence electrons. The number of benzene rings is 2. The summed E-state index contributed by atoms with van der Waals surface area (Å²) in [4.78, 5) is 14.3. The van der Waals surface area contributed by atoms with Crippen molar-refractivity contribution in [3.63, 3.8) is 0 Å². The predicted molar refractivity (Wildman–Crippen MR) is 113 cm³/mol. The molecule has 30 heavy (non-hydrogen) atoms. The molecule has 1 aromatic heterocycles. The molecule has 1 atom stereocenters. The van der Waals surface area contributed by atoms with Crippen LogP contribution >= 0.6 is 11.3 Å². The smallest absolute Gasteiger partial charge is 0.368 e. The minimum Gasteiger partial charge on any atom is -0.368 e. The lowest BCUT2D eigenvalue weighted by Gasteiger charge is -2.30. The Morgan fingerprint density at radius 2 is 1.90 bits per heavy atom. The van der Waals surface area contributed by atoms with Gasteiger partial charge in [-0.1, -0.05) is 48.6 Å². The highest BCUT2D eigenvalue weighted by Gasteiger charge is 2.30. The Balaban J connectivity index is 1.67. The third kappa shape index (κ3) is 4.26. The summed E-state index contributed by atoms with van der Waals surface area (Å²) in [7, 11) is 0. The van der Waals surface area contributed by atoms with E-state index in [4.69, 9.17) is 5.73 Å². The number of carbonyl (C=O) groups excluding carboxylic acids is 1. The molecular formula is C23H19F3N2OS. The van der Waals surface area contributed by atoms with Crippen molar-refractivity contribution in [3.05, 3.63) is 94.5 Å². The molecule has 2 aromatic carbocycles. The highest BCUT2D eigenvalue weighted by molar-refractivity contribution is 7.19. The number of nitrogens with two attached hydrogens (primary N) is 1. The Morgan fingerprint density at radius 1 is 1.10 bits per heavy atom. The van der Waals surface area contributed by atoms with Gasteiger partial charge in [-0.05, 0) is 34.7 Å². The van der Waals surface area contributed by atoms with E-state index in [2.05, 4.69) is 0 Å². The van der Waals surface area contributed by atoms with Crippen molar-refractivity contribution in [2.75, 3.05) is 6.54 Å². The first-order chi connectivity index (χ1) is 14.3. The number of alkyl halides is 3. The van der Waals surface area contributed by atoms with Gasteiger partial charge in [-0.3, -0.25) is 4.79 Å². The molecule has 0 radical (unpaired) electrons. The number of rotatable bonds is 5. The first kappa shape index (κ1) is 20.2. The number of amides is 1. The maximum Gasteiger partial charge on any atom is 0.416 e. The van der Waals surface area contributed by atoms with Crippen LogP contribution in [0.25, 0.3) is 10.1 Å². The Kier molecular flexibility index (Phi) is 5.39. The predicted octanol–water partition coefficient (Wildman–Crippen LogP) is 5.42. The molecule has 3 nitrogen and oxygen atoms in total. The summed E-state index contributed by atoms with van der Waals surface area (Å²) in [5, 5.41) is 1.03. The van der Waals surface area contributed by atoms with Gasteiger partial charge < -0.3 is 10.6 Å². The molecule has 0 spiro atoms. The van der Waals surface area contributed by atoms with Crippen LogP contribution < -0.4 is 5.73 Å². The zero-order valence-corrected chi connectivity index (χ0v) is 16.7. The molecule has 0 saturated carbocycles. The molecule has 1 aliphatic rings. The Bertz CT molecular complexity index is 1150. The normalized spacial score (nSPS) is 16.4. The number of nitrogens with zero attached hydrogens (tertiary/aromatic N) is 1. The number of primary amides is 1. The topological polar surface area (TPSA) is 46.3 Å². The molecule has 2 heterocycles. The number of thiophene rings is 1. The largest absolute Gasteiger partial charge is 0.416 e. The lowest BCUT2D eigenvalue weighted by atomic mass is 10.0. The fourth-order valence-electron chi connectivity index (χ4n) is 3.66. The van der Waals surface area contributed by atoms with E-state index < -0.39 is 17.6 Å². The van der Waals surface area contributed by atoms with E-state index in [0.717, 1.165) is 26.6 Å². The molecule has 0 bridgehead atoms. The second-order valence-electron chi connectivity index (χ2n) is 7.16. The standard InChI is InChI=1S/C23H19F3N2OS/c24-23(25,26)17-7-3-5-15(11-17)12-18-13-16-6-4-8-19(22(16)30-18)20-9-1-2-10-28(20)14-21(27)29/h1-11,13,20H,12,14H2,(H2,27,29). The molecule has 3 aromatic rings. The zero-order valence-electron chi connectivity index (χ0n) is 15.9. The van der Waals surface area contributed by atoms with Crippen LogP contribution in [0.3, 0.4) is 0 Å². The first-order valence-corrected chi connectivity index (χ1v) is 10.2. The van der Waals surface area contributed by atoms with Crippen molar-refractivity contribution in [1.82, 2.24) is 4.90 Å². The van der Waals surface area contributed by atoms with E-state index in [9.17, 15) is 18.0 Å². The van der Waals surface area contributed by atoms with Gasteiger partial charge in [-0.25, -0.2) is 0 Å². The average Bonchev–Trinajstić information content (AvgIpc) is 3.10. The van der Waals surface area contributed by atoms with Crippen LogP contribution in [-0.2, 0) is 17.4 Å². The lowest BCUT2D eigenvalue weighted by Crippen LogP contribution is -2.33. The SMILES string of the molecule is NC(=O)CN1C=CC=CC1c1cccc2cc(Cc3cccc(C(F)(F)F)c3)sc12. The van der Waals surface area contributed by atoms with Gasteiger partial charge in [0.05, 0.1) is 18.2 Å². The van der Waals surface area contributed by atoms with Crippen LogP contribution in [0, 0.1) is 0 Å². The number of hydrogen-bond acceptors (Lipinski definition) is 3. The number of allylic oxidation sites excluding steroid dienone is 2. The van der Waals surface area contributed by atoms with E-state index in [1.54, 1.807) is 17.4 Å². The van der Waals surface area contributed by atoms with E-state index >= 15 is 0 Å². The van der Waals surface area contributed by atoms with Gasteiger partial charge in [0, 0.05) is 22.2 Å². The maximum atomic E-state index is 13.0. The van der Waals surface area contributed by atoms with Gasteiger partial charge in [-0.2, -0.15) is 13.2 Å². The summed E-state index contributed by atoms with van der Waals surface area (Å²) in [6.07, 6.45) is 3.70. The third-order valence-electron chi connectivity index (χ3n) is 4.95. The van der Waals surface area contributed by atoms with Crippen molar-refractivity contribution >= 4 is 27.3 Å². The lowest BCUT2D eigenvalue weighted by molar-refractivity contribution is -0.137. The number of halogens is 3. The number of carbonyl (C=O) groups is 1. The number of hydrogen-bond donors (Lipinski definition) is 1. The monoisotopic (exact) mass is 428 g/mol. The van der Waals surface area contributed by atoms with Gasteiger partial charge >= 0.3 is 6.18 Å². The highest BCUT2D eigenvalue weighted by atomic mass is 32.1. The van der Waals surface area contributed by atoms with Crippen molar-refractivity contribution < 1.29 is 18.0 Å². The van der Waals surface area contributed by atoms with Gasteiger partial charge in [0.15, 0.2) is 0 Å². The molecular weight excluding hydrogens is 409 g/mol. The summed E-state index contributed by atoms with van der Waals surface area (Å²) in [5.41, 5.74) is 6.41. The van der Waals surface area contributed by atoms with Gasteiger partial charge in [-0.15, -0.1) is 11.3 Å². The fraction of sp³-hybridized carbons (Fsp3) is 0.174. The van der Waals surface area contributed by atoms with Gasteiger partial charge in [0.25, 0.3) is 0 Å². The van der Waals surface area contributed by atoms with Crippen LogP contribution in [0.15, 0.2) is 73.0 Å². The summed E-state index contributed by atoms with van der Waals surface area (Å²) in [6.45, 7) is 0.102. The van der Waals surface area contributed by atoms with Gasteiger partial charge in [0.1, 0.15) is 0 Å². The average molecular weight is 428 g/mol. The molecule has 7 heteroatoms. The Morgan fingerprint density at radius 3 is 2.67 bits per heavy atom. The summed E-state index contributed by atoms with van der Waals surface area (Å²) < 4.78 is 40.1. The Labute approximate surface area is 175 Å². The highest BCUT2D eigenvalue weighted by Crippen LogP contribution is 2.37. The molecule has 2 N–H and O–H groups in total. The molecule has 0 aliphatic carbocycles. The second-order valence-corrected chi connectivity index (χ2v) is 8.30. The van der Waals surface area contributed by atoms with Crippen LogP contribution in [0.4, 0.5) is 13.2 Å². The van der Waals surface area contributed by atoms with E-state index in [-0.39, 0.29) is 12.6 Å². The van der Waals surface area contributed by atoms with E-state index in [1.165, 1.54) is 12.1 Å². The molecule has 1 amide bonds. The summed E-state index contributed by atoms with van der Waals surface area (Å²) in [5.74, 6) is -0.413. The van der Waals surface area contributed by atoms with Crippen LogP contribution in [0.5, 0.6) is 0 Å². The zero-order chi connectivity index (χ0) is 21.3. The molecule has 0 saturated heterocycles. The van der Waals surface area contributed by atoms with Crippen LogP contribution in [-0.4, -0.2) is 17.4 Å². The summed E-state index contributed by atoms with van der Waals surface area (Å²) in [6, 6.07) is 13.3. The molecule has 4 rings (SSSR count).